The Morgan fingerprint density at radius 2 is 2.08 bits per heavy atom. The summed E-state index contributed by atoms with van der Waals surface area (Å²) in [5.74, 6) is 1.91. The van der Waals surface area contributed by atoms with E-state index in [4.69, 9.17) is 5.73 Å². The molecule has 1 fully saturated rings. The van der Waals surface area contributed by atoms with Gasteiger partial charge in [-0.05, 0) is 57.5 Å². The van der Waals surface area contributed by atoms with Gasteiger partial charge in [-0.3, -0.25) is 0 Å². The Balaban J connectivity index is 1.83. The highest BCUT2D eigenvalue weighted by molar-refractivity contribution is 4.79. The molecule has 2 unspecified atom stereocenters. The minimum absolute atomic E-state index is 0.364. The fourth-order valence-corrected chi connectivity index (χ4v) is 1.71. The SMILES string of the molecule is CC(N)CCCNCC(C)C1CC1. The summed E-state index contributed by atoms with van der Waals surface area (Å²) in [6, 6.07) is 0.364. The van der Waals surface area contributed by atoms with Crippen LogP contribution in [0.5, 0.6) is 0 Å². The highest BCUT2D eigenvalue weighted by atomic mass is 14.9. The summed E-state index contributed by atoms with van der Waals surface area (Å²) in [5.41, 5.74) is 5.66. The minimum Gasteiger partial charge on any atom is -0.328 e. The van der Waals surface area contributed by atoms with Crippen LogP contribution < -0.4 is 11.1 Å². The third kappa shape index (κ3) is 5.27. The van der Waals surface area contributed by atoms with E-state index in [0.29, 0.717) is 6.04 Å². The first-order valence-electron chi connectivity index (χ1n) is 5.66. The highest BCUT2D eigenvalue weighted by Crippen LogP contribution is 2.35. The van der Waals surface area contributed by atoms with Gasteiger partial charge in [-0.15, -0.1) is 0 Å². The summed E-state index contributed by atoms with van der Waals surface area (Å²) in [4.78, 5) is 0. The van der Waals surface area contributed by atoms with E-state index in [0.717, 1.165) is 24.8 Å². The van der Waals surface area contributed by atoms with Crippen molar-refractivity contribution in [2.75, 3.05) is 13.1 Å². The summed E-state index contributed by atoms with van der Waals surface area (Å²) in [5, 5.41) is 3.51. The Morgan fingerprint density at radius 3 is 2.62 bits per heavy atom. The molecule has 0 bridgehead atoms. The topological polar surface area (TPSA) is 38.0 Å². The number of hydrogen-bond donors (Lipinski definition) is 2. The standard InChI is InChI=1S/C11H24N2/c1-9(11-5-6-11)8-13-7-3-4-10(2)12/h9-11,13H,3-8,12H2,1-2H3. The Kier molecular flexibility index (Phi) is 4.74. The van der Waals surface area contributed by atoms with Crippen LogP contribution in [0, 0.1) is 11.8 Å². The molecule has 0 heterocycles. The van der Waals surface area contributed by atoms with Crippen LogP contribution in [0.15, 0.2) is 0 Å². The van der Waals surface area contributed by atoms with Crippen molar-refractivity contribution in [3.8, 4) is 0 Å². The maximum absolute atomic E-state index is 5.66. The molecule has 78 valence electrons. The molecule has 2 atom stereocenters. The maximum atomic E-state index is 5.66. The fraction of sp³-hybridized carbons (Fsp3) is 1.00. The molecule has 1 rings (SSSR count). The zero-order chi connectivity index (χ0) is 9.68. The van der Waals surface area contributed by atoms with Crippen LogP contribution in [0.1, 0.15) is 39.5 Å². The predicted octanol–water partition coefficient (Wildman–Crippen LogP) is 1.75. The zero-order valence-corrected chi connectivity index (χ0v) is 9.05. The lowest BCUT2D eigenvalue weighted by atomic mass is 10.1. The van der Waals surface area contributed by atoms with Crippen molar-refractivity contribution in [2.24, 2.45) is 17.6 Å². The predicted molar refractivity (Wildman–Crippen MR) is 57.6 cm³/mol. The van der Waals surface area contributed by atoms with E-state index in [-0.39, 0.29) is 0 Å². The van der Waals surface area contributed by atoms with Crippen molar-refractivity contribution in [2.45, 2.75) is 45.6 Å². The van der Waals surface area contributed by atoms with Crippen molar-refractivity contribution < 1.29 is 0 Å². The lowest BCUT2D eigenvalue weighted by Gasteiger charge is -2.11. The summed E-state index contributed by atoms with van der Waals surface area (Å²) in [7, 11) is 0. The lowest BCUT2D eigenvalue weighted by Crippen LogP contribution is -2.25. The molecule has 13 heavy (non-hydrogen) atoms. The lowest BCUT2D eigenvalue weighted by molar-refractivity contribution is 0.453. The van der Waals surface area contributed by atoms with Crippen molar-refractivity contribution in [1.82, 2.24) is 5.32 Å². The number of nitrogens with two attached hydrogens (primary N) is 1. The first kappa shape index (κ1) is 11.0. The van der Waals surface area contributed by atoms with E-state index in [2.05, 4.69) is 19.2 Å². The first-order chi connectivity index (χ1) is 6.20. The Morgan fingerprint density at radius 1 is 1.38 bits per heavy atom. The van der Waals surface area contributed by atoms with E-state index in [1.165, 1.54) is 25.8 Å². The van der Waals surface area contributed by atoms with Crippen LogP contribution in [0.25, 0.3) is 0 Å². The van der Waals surface area contributed by atoms with Gasteiger partial charge in [0.1, 0.15) is 0 Å². The smallest absolute Gasteiger partial charge is 0.00109 e. The van der Waals surface area contributed by atoms with Crippen LogP contribution in [-0.4, -0.2) is 19.1 Å². The van der Waals surface area contributed by atoms with Gasteiger partial charge in [0.2, 0.25) is 0 Å². The fourth-order valence-electron chi connectivity index (χ4n) is 1.71. The van der Waals surface area contributed by atoms with E-state index >= 15 is 0 Å². The Hall–Kier alpha value is -0.0800. The van der Waals surface area contributed by atoms with Crippen molar-refractivity contribution >= 4 is 0 Å². The molecular formula is C11H24N2. The van der Waals surface area contributed by atoms with Gasteiger partial charge in [-0.2, -0.15) is 0 Å². The second-order valence-electron chi connectivity index (χ2n) is 4.64. The molecule has 1 aliphatic rings. The van der Waals surface area contributed by atoms with Crippen LogP contribution in [0.3, 0.4) is 0 Å². The molecule has 0 aromatic heterocycles. The van der Waals surface area contributed by atoms with Crippen molar-refractivity contribution in [1.29, 1.82) is 0 Å². The monoisotopic (exact) mass is 184 g/mol. The number of nitrogens with one attached hydrogen (secondary N) is 1. The van der Waals surface area contributed by atoms with Crippen LogP contribution >= 0.6 is 0 Å². The van der Waals surface area contributed by atoms with Crippen molar-refractivity contribution in [3.05, 3.63) is 0 Å². The van der Waals surface area contributed by atoms with Gasteiger partial charge in [-0.25, -0.2) is 0 Å². The highest BCUT2D eigenvalue weighted by Gasteiger charge is 2.27. The van der Waals surface area contributed by atoms with Gasteiger partial charge < -0.3 is 11.1 Å². The average Bonchev–Trinajstić information content (AvgIpc) is 2.85. The second-order valence-corrected chi connectivity index (χ2v) is 4.64. The third-order valence-electron chi connectivity index (χ3n) is 2.91. The molecule has 2 heteroatoms. The van der Waals surface area contributed by atoms with Crippen molar-refractivity contribution in [3.63, 3.8) is 0 Å². The molecule has 1 aliphatic carbocycles. The molecule has 1 saturated carbocycles. The number of rotatable bonds is 7. The van der Waals surface area contributed by atoms with E-state index < -0.39 is 0 Å². The van der Waals surface area contributed by atoms with Gasteiger partial charge in [0, 0.05) is 6.04 Å². The summed E-state index contributed by atoms with van der Waals surface area (Å²) in [6.07, 6.45) is 5.28. The summed E-state index contributed by atoms with van der Waals surface area (Å²) >= 11 is 0. The number of hydrogen-bond acceptors (Lipinski definition) is 2. The molecule has 0 spiro atoms. The molecule has 2 nitrogen and oxygen atoms in total. The maximum Gasteiger partial charge on any atom is 0.00109 e. The van der Waals surface area contributed by atoms with E-state index in [1.54, 1.807) is 0 Å². The molecule has 0 aliphatic heterocycles. The summed E-state index contributed by atoms with van der Waals surface area (Å²) in [6.45, 7) is 6.77. The first-order valence-corrected chi connectivity index (χ1v) is 5.66. The largest absolute Gasteiger partial charge is 0.328 e. The van der Waals surface area contributed by atoms with Crippen LogP contribution in [-0.2, 0) is 0 Å². The third-order valence-corrected chi connectivity index (χ3v) is 2.91. The normalized spacial score (nSPS) is 21.5. The molecule has 0 saturated heterocycles. The average molecular weight is 184 g/mol. The van der Waals surface area contributed by atoms with Gasteiger partial charge in [0.05, 0.1) is 0 Å². The van der Waals surface area contributed by atoms with Gasteiger partial charge >= 0.3 is 0 Å². The molecule has 0 amide bonds. The van der Waals surface area contributed by atoms with E-state index in [1.807, 2.05) is 0 Å². The van der Waals surface area contributed by atoms with Gasteiger partial charge in [0.15, 0.2) is 0 Å². The Labute approximate surface area is 82.3 Å². The van der Waals surface area contributed by atoms with Gasteiger partial charge in [0.25, 0.3) is 0 Å². The molecule has 0 radical (unpaired) electrons. The summed E-state index contributed by atoms with van der Waals surface area (Å²) < 4.78 is 0. The molecule has 3 N–H and O–H groups in total. The minimum atomic E-state index is 0.364. The quantitative estimate of drug-likeness (QED) is 0.592. The molecule has 0 aromatic rings. The molecular weight excluding hydrogens is 160 g/mol. The molecule has 0 aromatic carbocycles. The van der Waals surface area contributed by atoms with Gasteiger partial charge in [-0.1, -0.05) is 6.92 Å². The van der Waals surface area contributed by atoms with Crippen LogP contribution in [0.4, 0.5) is 0 Å². The Bertz CT molecular complexity index is 130. The van der Waals surface area contributed by atoms with E-state index in [9.17, 15) is 0 Å². The van der Waals surface area contributed by atoms with Crippen LogP contribution in [0.2, 0.25) is 0 Å². The second kappa shape index (κ2) is 5.61. The zero-order valence-electron chi connectivity index (χ0n) is 9.05.